The zero-order valence-electron chi connectivity index (χ0n) is 11.1. The smallest absolute Gasteiger partial charge is 0.0590 e. The molecule has 0 aromatic carbocycles. The van der Waals surface area contributed by atoms with Crippen LogP contribution in [0.15, 0.2) is 22.9 Å². The normalized spacial score (nSPS) is 13.1. The minimum absolute atomic E-state index is 0.462. The van der Waals surface area contributed by atoms with Crippen LogP contribution in [0.5, 0.6) is 0 Å². The van der Waals surface area contributed by atoms with Gasteiger partial charge >= 0.3 is 0 Å². The van der Waals surface area contributed by atoms with E-state index in [2.05, 4.69) is 59.1 Å². The lowest BCUT2D eigenvalue weighted by atomic mass is 10.0. The van der Waals surface area contributed by atoms with Crippen LogP contribution in [0.3, 0.4) is 0 Å². The lowest BCUT2D eigenvalue weighted by Crippen LogP contribution is -2.33. The number of pyridine rings is 1. The van der Waals surface area contributed by atoms with Gasteiger partial charge in [0.2, 0.25) is 0 Å². The molecule has 0 saturated carbocycles. The van der Waals surface area contributed by atoms with E-state index in [-0.39, 0.29) is 0 Å². The van der Waals surface area contributed by atoms with Gasteiger partial charge in [0.25, 0.3) is 0 Å². The Bertz CT molecular complexity index is 329. The van der Waals surface area contributed by atoms with Crippen LogP contribution in [0.25, 0.3) is 0 Å². The SMILES string of the molecule is CC(C)CC(CN(C)C)Nc1ccncc1Br. The largest absolute Gasteiger partial charge is 0.380 e. The quantitative estimate of drug-likeness (QED) is 0.874. The van der Waals surface area contributed by atoms with Crippen LogP contribution in [-0.4, -0.2) is 36.6 Å². The van der Waals surface area contributed by atoms with Crippen molar-refractivity contribution < 1.29 is 0 Å². The Kier molecular flexibility index (Phi) is 5.92. The third-order valence-electron chi connectivity index (χ3n) is 2.47. The van der Waals surface area contributed by atoms with Crippen molar-refractivity contribution >= 4 is 21.6 Å². The van der Waals surface area contributed by atoms with E-state index in [1.54, 1.807) is 0 Å². The summed E-state index contributed by atoms with van der Waals surface area (Å²) in [5, 5.41) is 3.58. The molecule has 1 heterocycles. The molecule has 1 N–H and O–H groups in total. The molecule has 3 nitrogen and oxygen atoms in total. The van der Waals surface area contributed by atoms with Crippen LogP contribution in [0.4, 0.5) is 5.69 Å². The molecule has 17 heavy (non-hydrogen) atoms. The van der Waals surface area contributed by atoms with Crippen LogP contribution < -0.4 is 5.32 Å². The first-order valence-electron chi connectivity index (χ1n) is 5.99. The molecular formula is C13H22BrN3. The number of likely N-dealkylation sites (N-methyl/N-ethyl adjacent to an activating group) is 1. The van der Waals surface area contributed by atoms with E-state index in [0.717, 1.165) is 23.1 Å². The monoisotopic (exact) mass is 299 g/mol. The highest BCUT2D eigenvalue weighted by molar-refractivity contribution is 9.10. The van der Waals surface area contributed by atoms with Gasteiger partial charge in [-0.1, -0.05) is 13.8 Å². The van der Waals surface area contributed by atoms with Gasteiger partial charge in [-0.25, -0.2) is 0 Å². The molecule has 0 aliphatic carbocycles. The van der Waals surface area contributed by atoms with Crippen molar-refractivity contribution in [2.45, 2.75) is 26.3 Å². The van der Waals surface area contributed by atoms with Gasteiger partial charge in [0.05, 0.1) is 10.2 Å². The molecule has 96 valence electrons. The van der Waals surface area contributed by atoms with Crippen molar-refractivity contribution in [2.75, 3.05) is 26.0 Å². The zero-order valence-corrected chi connectivity index (χ0v) is 12.7. The second-order valence-corrected chi connectivity index (χ2v) is 5.94. The van der Waals surface area contributed by atoms with Crippen molar-refractivity contribution in [3.05, 3.63) is 22.9 Å². The Balaban J connectivity index is 2.68. The van der Waals surface area contributed by atoms with Gasteiger partial charge in [0.1, 0.15) is 0 Å². The van der Waals surface area contributed by atoms with Crippen molar-refractivity contribution in [3.8, 4) is 0 Å². The number of rotatable bonds is 6. The van der Waals surface area contributed by atoms with E-state index < -0.39 is 0 Å². The molecule has 0 bridgehead atoms. The summed E-state index contributed by atoms with van der Waals surface area (Å²) in [7, 11) is 4.22. The van der Waals surface area contributed by atoms with Crippen LogP contribution in [-0.2, 0) is 0 Å². The predicted molar refractivity (Wildman–Crippen MR) is 77.4 cm³/mol. The Morgan fingerprint density at radius 3 is 2.65 bits per heavy atom. The molecule has 0 aliphatic heterocycles. The fraction of sp³-hybridized carbons (Fsp3) is 0.615. The first kappa shape index (κ1) is 14.5. The third-order valence-corrected chi connectivity index (χ3v) is 3.11. The van der Waals surface area contributed by atoms with E-state index in [1.165, 1.54) is 0 Å². The molecule has 1 aromatic rings. The summed E-state index contributed by atoms with van der Waals surface area (Å²) in [5.41, 5.74) is 1.12. The van der Waals surface area contributed by atoms with Gasteiger partial charge in [-0.05, 0) is 48.4 Å². The van der Waals surface area contributed by atoms with Gasteiger partial charge in [-0.2, -0.15) is 0 Å². The molecule has 1 atom stereocenters. The highest BCUT2D eigenvalue weighted by Gasteiger charge is 2.13. The molecule has 1 aromatic heterocycles. The molecule has 0 aliphatic rings. The number of nitrogens with one attached hydrogen (secondary N) is 1. The molecule has 0 fully saturated rings. The summed E-state index contributed by atoms with van der Waals surface area (Å²) in [6.45, 7) is 5.55. The van der Waals surface area contributed by atoms with E-state index in [0.29, 0.717) is 12.0 Å². The Hall–Kier alpha value is -0.610. The summed E-state index contributed by atoms with van der Waals surface area (Å²) in [6, 6.07) is 2.47. The van der Waals surface area contributed by atoms with E-state index >= 15 is 0 Å². The predicted octanol–water partition coefficient (Wildman–Crippen LogP) is 3.23. The van der Waals surface area contributed by atoms with Crippen molar-refractivity contribution in [3.63, 3.8) is 0 Å². The maximum absolute atomic E-state index is 4.08. The van der Waals surface area contributed by atoms with Crippen LogP contribution in [0, 0.1) is 5.92 Å². The molecule has 0 amide bonds. The minimum atomic E-state index is 0.462. The molecule has 1 unspecified atom stereocenters. The molecule has 0 saturated heterocycles. The number of aromatic nitrogens is 1. The summed E-state index contributed by atoms with van der Waals surface area (Å²) < 4.78 is 1.02. The first-order valence-corrected chi connectivity index (χ1v) is 6.79. The summed E-state index contributed by atoms with van der Waals surface area (Å²) in [4.78, 5) is 6.29. The Morgan fingerprint density at radius 1 is 1.41 bits per heavy atom. The van der Waals surface area contributed by atoms with Gasteiger partial charge in [-0.3, -0.25) is 4.98 Å². The highest BCUT2D eigenvalue weighted by Crippen LogP contribution is 2.22. The summed E-state index contributed by atoms with van der Waals surface area (Å²) in [6.07, 6.45) is 4.80. The number of halogens is 1. The van der Waals surface area contributed by atoms with E-state index in [9.17, 15) is 0 Å². The van der Waals surface area contributed by atoms with E-state index in [4.69, 9.17) is 0 Å². The Morgan fingerprint density at radius 2 is 2.12 bits per heavy atom. The topological polar surface area (TPSA) is 28.2 Å². The first-order chi connectivity index (χ1) is 7.99. The summed E-state index contributed by atoms with van der Waals surface area (Å²) in [5.74, 6) is 0.688. The lowest BCUT2D eigenvalue weighted by Gasteiger charge is -2.25. The van der Waals surface area contributed by atoms with E-state index in [1.807, 2.05) is 18.5 Å². The number of hydrogen-bond acceptors (Lipinski definition) is 3. The average molecular weight is 300 g/mol. The molecule has 1 rings (SSSR count). The minimum Gasteiger partial charge on any atom is -0.380 e. The lowest BCUT2D eigenvalue weighted by molar-refractivity contribution is 0.356. The number of hydrogen-bond donors (Lipinski definition) is 1. The fourth-order valence-corrected chi connectivity index (χ4v) is 2.27. The van der Waals surface area contributed by atoms with Crippen LogP contribution in [0.2, 0.25) is 0 Å². The maximum Gasteiger partial charge on any atom is 0.0590 e. The molecule has 4 heteroatoms. The molecule has 0 spiro atoms. The third kappa shape index (κ3) is 5.50. The Labute approximate surface area is 113 Å². The van der Waals surface area contributed by atoms with Gasteiger partial charge in [0.15, 0.2) is 0 Å². The highest BCUT2D eigenvalue weighted by atomic mass is 79.9. The van der Waals surface area contributed by atoms with Gasteiger partial charge in [0, 0.05) is 25.0 Å². The van der Waals surface area contributed by atoms with Crippen molar-refractivity contribution in [2.24, 2.45) is 5.92 Å². The average Bonchev–Trinajstić information content (AvgIpc) is 2.19. The second kappa shape index (κ2) is 6.97. The number of anilines is 1. The summed E-state index contributed by atoms with van der Waals surface area (Å²) >= 11 is 3.52. The molecule has 0 radical (unpaired) electrons. The number of nitrogens with zero attached hydrogens (tertiary/aromatic N) is 2. The molecular weight excluding hydrogens is 278 g/mol. The second-order valence-electron chi connectivity index (χ2n) is 5.09. The van der Waals surface area contributed by atoms with Gasteiger partial charge in [-0.15, -0.1) is 0 Å². The standard InChI is InChI=1S/C13H22BrN3/c1-10(2)7-11(9-17(3)4)16-13-5-6-15-8-12(13)14/h5-6,8,10-11H,7,9H2,1-4H3,(H,15,16). The van der Waals surface area contributed by atoms with Crippen molar-refractivity contribution in [1.29, 1.82) is 0 Å². The van der Waals surface area contributed by atoms with Crippen LogP contribution in [0.1, 0.15) is 20.3 Å². The van der Waals surface area contributed by atoms with Crippen LogP contribution >= 0.6 is 15.9 Å². The van der Waals surface area contributed by atoms with Crippen molar-refractivity contribution in [1.82, 2.24) is 9.88 Å². The fourth-order valence-electron chi connectivity index (χ4n) is 1.90. The van der Waals surface area contributed by atoms with Gasteiger partial charge < -0.3 is 10.2 Å². The zero-order chi connectivity index (χ0) is 12.8. The maximum atomic E-state index is 4.08.